The van der Waals surface area contributed by atoms with Crippen molar-refractivity contribution in [3.05, 3.63) is 64.9 Å². The molecule has 0 radical (unpaired) electrons. The number of aromatic nitrogens is 5. The molecule has 3 aromatic rings. The van der Waals surface area contributed by atoms with Crippen LogP contribution >= 0.6 is 12.4 Å². The second-order valence-electron chi connectivity index (χ2n) is 6.39. The van der Waals surface area contributed by atoms with Gasteiger partial charge in [0, 0.05) is 31.4 Å². The maximum atomic E-state index is 12.7. The Bertz CT molecular complexity index is 1140. The van der Waals surface area contributed by atoms with Gasteiger partial charge in [0.05, 0.1) is 12.9 Å². The number of halogens is 2. The van der Waals surface area contributed by atoms with E-state index < -0.39 is 5.69 Å². The highest BCUT2D eigenvalue weighted by Crippen LogP contribution is 2.23. The van der Waals surface area contributed by atoms with Crippen molar-refractivity contribution in [2.24, 2.45) is 5.73 Å². The van der Waals surface area contributed by atoms with Gasteiger partial charge in [-0.3, -0.25) is 4.79 Å². The van der Waals surface area contributed by atoms with Gasteiger partial charge < -0.3 is 11.1 Å². The molecule has 0 aliphatic rings. The molecule has 9 nitrogen and oxygen atoms in total. The number of anilines is 1. The second-order valence-corrected chi connectivity index (χ2v) is 6.39. The van der Waals surface area contributed by atoms with E-state index in [0.29, 0.717) is 18.0 Å². The number of hydrogen-bond donors (Lipinski definition) is 2. The van der Waals surface area contributed by atoms with E-state index in [9.17, 15) is 14.0 Å². The quantitative estimate of drug-likeness (QED) is 0.613. The molecule has 3 heterocycles. The summed E-state index contributed by atoms with van der Waals surface area (Å²) < 4.78 is 15.2. The normalized spacial score (nSPS) is 11.1. The van der Waals surface area contributed by atoms with Gasteiger partial charge in [-0.1, -0.05) is 0 Å². The Balaban J connectivity index is 0.00000320. The lowest BCUT2D eigenvalue weighted by molar-refractivity contribution is -0.114. The average Bonchev–Trinajstić information content (AvgIpc) is 3.05. The number of aryl methyl sites for hydroxylation is 1. The van der Waals surface area contributed by atoms with Gasteiger partial charge in [0.2, 0.25) is 5.91 Å². The Morgan fingerprint density at radius 3 is 2.70 bits per heavy atom. The van der Waals surface area contributed by atoms with Crippen molar-refractivity contribution in [1.29, 1.82) is 0 Å². The van der Waals surface area contributed by atoms with Crippen LogP contribution in [0.2, 0.25) is 0 Å². The van der Waals surface area contributed by atoms with Crippen LogP contribution in [0.1, 0.15) is 12.5 Å². The Kier molecular flexibility index (Phi) is 7.56. The third-order valence-electron chi connectivity index (χ3n) is 4.18. The molecular weight excluding hydrogens is 413 g/mol. The molecule has 3 rings (SSSR count). The summed E-state index contributed by atoms with van der Waals surface area (Å²) in [7, 11) is 0. The van der Waals surface area contributed by atoms with Gasteiger partial charge in [-0.25, -0.2) is 28.4 Å². The molecule has 0 spiro atoms. The van der Waals surface area contributed by atoms with E-state index in [1.54, 1.807) is 24.5 Å². The second kappa shape index (κ2) is 9.90. The SMILES string of the molecule is CC(=O)Nc1cc(-c2cnc(-n3cnn(C/C(=C/F)CN)c3=O)c(C)c2)ccn1.Cl. The summed E-state index contributed by atoms with van der Waals surface area (Å²) in [6, 6.07) is 5.40. The molecule has 0 bridgehead atoms. The standard InChI is InChI=1S/C19H20FN7O2.ClH/c1-12-5-16(15-3-4-22-17(6-15)25-13(2)28)9-23-18(12)26-11-24-27(19(26)29)10-14(7-20)8-21;/h3-7,9,11H,8,10,21H2,1-2H3,(H,22,25,28);1H/b14-7+;. The van der Waals surface area contributed by atoms with Gasteiger partial charge in [-0.2, -0.15) is 5.10 Å². The summed E-state index contributed by atoms with van der Waals surface area (Å²) in [5, 5.41) is 6.64. The van der Waals surface area contributed by atoms with Gasteiger partial charge in [-0.15, -0.1) is 12.4 Å². The molecule has 0 aliphatic carbocycles. The van der Waals surface area contributed by atoms with Gasteiger partial charge in [-0.05, 0) is 41.8 Å². The number of nitrogens with zero attached hydrogens (tertiary/aromatic N) is 5. The topological polar surface area (TPSA) is 121 Å². The van der Waals surface area contributed by atoms with E-state index in [0.717, 1.165) is 21.4 Å². The number of pyridine rings is 2. The molecule has 0 unspecified atom stereocenters. The van der Waals surface area contributed by atoms with E-state index in [1.165, 1.54) is 17.8 Å². The fraction of sp³-hybridized carbons (Fsp3) is 0.211. The predicted molar refractivity (Wildman–Crippen MR) is 113 cm³/mol. The first kappa shape index (κ1) is 22.9. The highest BCUT2D eigenvalue weighted by Gasteiger charge is 2.13. The summed E-state index contributed by atoms with van der Waals surface area (Å²) >= 11 is 0. The van der Waals surface area contributed by atoms with Crippen molar-refractivity contribution in [3.63, 3.8) is 0 Å². The number of nitrogens with one attached hydrogen (secondary N) is 1. The van der Waals surface area contributed by atoms with Gasteiger partial charge in [0.1, 0.15) is 18.0 Å². The van der Waals surface area contributed by atoms with Gasteiger partial charge in [0.15, 0.2) is 0 Å². The first-order chi connectivity index (χ1) is 13.9. The monoisotopic (exact) mass is 433 g/mol. The van der Waals surface area contributed by atoms with Crippen LogP contribution in [0.4, 0.5) is 10.2 Å². The predicted octanol–water partition coefficient (Wildman–Crippen LogP) is 1.99. The zero-order valence-corrected chi connectivity index (χ0v) is 17.2. The van der Waals surface area contributed by atoms with Crippen molar-refractivity contribution < 1.29 is 9.18 Å². The zero-order valence-electron chi connectivity index (χ0n) is 16.4. The number of hydrogen-bond acceptors (Lipinski definition) is 6. The molecule has 3 N–H and O–H groups in total. The first-order valence-corrected chi connectivity index (χ1v) is 8.76. The van der Waals surface area contributed by atoms with E-state index in [4.69, 9.17) is 5.73 Å². The van der Waals surface area contributed by atoms with Crippen LogP contribution in [-0.2, 0) is 11.3 Å². The summed E-state index contributed by atoms with van der Waals surface area (Å²) in [6.07, 6.45) is 4.93. The molecule has 0 aromatic carbocycles. The number of nitrogens with two attached hydrogens (primary N) is 1. The Morgan fingerprint density at radius 2 is 2.07 bits per heavy atom. The van der Waals surface area contributed by atoms with Gasteiger partial charge in [0.25, 0.3) is 0 Å². The van der Waals surface area contributed by atoms with Crippen LogP contribution in [-0.4, -0.2) is 36.8 Å². The highest BCUT2D eigenvalue weighted by atomic mass is 35.5. The molecule has 1 amide bonds. The molecule has 11 heteroatoms. The van der Waals surface area contributed by atoms with Crippen molar-refractivity contribution >= 4 is 24.1 Å². The van der Waals surface area contributed by atoms with Crippen molar-refractivity contribution in [3.8, 4) is 16.9 Å². The maximum Gasteiger partial charge on any atom is 0.351 e. The van der Waals surface area contributed by atoms with Crippen molar-refractivity contribution in [2.75, 3.05) is 11.9 Å². The first-order valence-electron chi connectivity index (χ1n) is 8.76. The average molecular weight is 434 g/mol. The van der Waals surface area contributed by atoms with Crippen LogP contribution < -0.4 is 16.7 Å². The molecule has 0 atom stereocenters. The number of carbonyl (C=O) groups is 1. The minimum Gasteiger partial charge on any atom is -0.327 e. The Labute approximate surface area is 177 Å². The largest absolute Gasteiger partial charge is 0.351 e. The van der Waals surface area contributed by atoms with E-state index in [2.05, 4.69) is 20.4 Å². The van der Waals surface area contributed by atoms with Crippen LogP contribution in [0.25, 0.3) is 16.9 Å². The lowest BCUT2D eigenvalue weighted by atomic mass is 10.1. The summed E-state index contributed by atoms with van der Waals surface area (Å²) in [4.78, 5) is 32.3. The van der Waals surface area contributed by atoms with Crippen molar-refractivity contribution in [2.45, 2.75) is 20.4 Å². The third-order valence-corrected chi connectivity index (χ3v) is 4.18. The highest BCUT2D eigenvalue weighted by molar-refractivity contribution is 5.88. The van der Waals surface area contributed by atoms with E-state index in [-0.39, 0.29) is 37.0 Å². The zero-order chi connectivity index (χ0) is 21.0. The summed E-state index contributed by atoms with van der Waals surface area (Å²) in [5.41, 5.74) is 7.59. The molecule has 158 valence electrons. The third kappa shape index (κ3) is 4.97. The molecule has 0 saturated heterocycles. The lowest BCUT2D eigenvalue weighted by Gasteiger charge is -2.09. The minimum absolute atomic E-state index is 0. The molecule has 0 saturated carbocycles. The molecule has 0 aliphatic heterocycles. The smallest absolute Gasteiger partial charge is 0.327 e. The molecule has 3 aromatic heterocycles. The number of carbonyl (C=O) groups excluding carboxylic acids is 1. The summed E-state index contributed by atoms with van der Waals surface area (Å²) in [5.74, 6) is 0.640. The molecule has 0 fully saturated rings. The lowest BCUT2D eigenvalue weighted by Crippen LogP contribution is -2.26. The maximum absolute atomic E-state index is 12.7. The fourth-order valence-corrected chi connectivity index (χ4v) is 2.76. The van der Waals surface area contributed by atoms with Crippen LogP contribution in [0.5, 0.6) is 0 Å². The minimum atomic E-state index is -0.446. The fourth-order valence-electron chi connectivity index (χ4n) is 2.76. The molecule has 30 heavy (non-hydrogen) atoms. The summed E-state index contributed by atoms with van der Waals surface area (Å²) in [6.45, 7) is 3.19. The van der Waals surface area contributed by atoms with Gasteiger partial charge >= 0.3 is 5.69 Å². The van der Waals surface area contributed by atoms with E-state index in [1.807, 2.05) is 13.0 Å². The Morgan fingerprint density at radius 1 is 1.30 bits per heavy atom. The van der Waals surface area contributed by atoms with Crippen molar-refractivity contribution in [1.82, 2.24) is 24.3 Å². The number of amides is 1. The number of rotatable bonds is 6. The van der Waals surface area contributed by atoms with Crippen LogP contribution in [0.3, 0.4) is 0 Å². The molecular formula is C19H21ClFN7O2. The Hall–Kier alpha value is -3.37. The van der Waals surface area contributed by atoms with Crippen LogP contribution in [0, 0.1) is 6.92 Å². The van der Waals surface area contributed by atoms with E-state index >= 15 is 0 Å². The van der Waals surface area contributed by atoms with Crippen LogP contribution in [0.15, 0.2) is 53.6 Å².